The standard InChI is InChI=1S/C44H63N7O8/c1-32-28-34(29-33(2)41(32)53)30-39(59-44(56)50-16-11-37(12-17-50)51-18-8-35-6-3-4-7-38(35)45-43(51)55)42(54)49-14-9-36(10-15-49)48-21-19-47(20-22-48)31-40(52)58-25-5-13-46-23-26-57-27-24-46/h3-4,6-7,28-29,36-37,39,53H,5,8-27,30-31H2,1-2H3,(H,45,55)/t39-/m1/s1. The van der Waals surface area contributed by atoms with Crippen molar-refractivity contribution in [2.45, 2.75) is 77.0 Å². The van der Waals surface area contributed by atoms with Crippen LogP contribution in [-0.4, -0.2) is 182 Å². The molecule has 4 fully saturated rings. The number of anilines is 1. The second-order valence-electron chi connectivity index (χ2n) is 16.8. The van der Waals surface area contributed by atoms with Gasteiger partial charge in [0, 0.05) is 103 Å². The Bertz CT molecular complexity index is 1740. The highest BCUT2D eigenvalue weighted by Crippen LogP contribution is 2.28. The molecule has 1 atom stereocenters. The van der Waals surface area contributed by atoms with Gasteiger partial charge < -0.3 is 39.3 Å². The Kier molecular flexibility index (Phi) is 14.6. The number of esters is 1. The SMILES string of the molecule is Cc1cc(C[C@@H](OC(=O)N2CCC(N3CCc4ccccc4NC3=O)CC2)C(=O)N2CCC(N3CCN(CC(=O)OCCCN4CCOCC4)CC3)CC2)cc(C)c1O. The minimum atomic E-state index is -1.02. The van der Waals surface area contributed by atoms with Crippen molar-refractivity contribution < 1.29 is 38.5 Å². The number of morpholine rings is 1. The van der Waals surface area contributed by atoms with E-state index in [1.165, 1.54) is 0 Å². The number of piperidine rings is 2. The normalized spacial score (nSPS) is 21.1. The van der Waals surface area contributed by atoms with E-state index in [1.54, 1.807) is 4.90 Å². The van der Waals surface area contributed by atoms with Gasteiger partial charge in [0.2, 0.25) is 0 Å². The number of benzene rings is 2. The molecule has 4 saturated heterocycles. The van der Waals surface area contributed by atoms with Gasteiger partial charge in [-0.25, -0.2) is 9.59 Å². The Morgan fingerprint density at radius 3 is 2.20 bits per heavy atom. The maximum absolute atomic E-state index is 14.2. The molecule has 5 aliphatic rings. The third-order valence-corrected chi connectivity index (χ3v) is 12.8. The predicted molar refractivity (Wildman–Crippen MR) is 222 cm³/mol. The molecule has 4 amide bonds. The van der Waals surface area contributed by atoms with Crippen LogP contribution < -0.4 is 5.32 Å². The van der Waals surface area contributed by atoms with Crippen molar-refractivity contribution in [3.8, 4) is 5.75 Å². The van der Waals surface area contributed by atoms with Gasteiger partial charge >= 0.3 is 18.1 Å². The first-order valence-electron chi connectivity index (χ1n) is 21.7. The minimum absolute atomic E-state index is 0.00425. The number of phenols is 1. The lowest BCUT2D eigenvalue weighted by Crippen LogP contribution is -2.55. The van der Waals surface area contributed by atoms with Crippen LogP contribution >= 0.6 is 0 Å². The molecule has 0 aromatic heterocycles. The number of fused-ring (bicyclic) bond motifs is 1. The molecule has 7 rings (SSSR count). The van der Waals surface area contributed by atoms with E-state index in [4.69, 9.17) is 14.2 Å². The number of hydrogen-bond acceptors (Lipinski definition) is 11. The molecular formula is C44H63N7O8. The fourth-order valence-corrected chi connectivity index (χ4v) is 9.32. The Morgan fingerprint density at radius 1 is 0.831 bits per heavy atom. The molecule has 0 unspecified atom stereocenters. The van der Waals surface area contributed by atoms with Gasteiger partial charge in [-0.15, -0.1) is 0 Å². The fraction of sp³-hybridized carbons (Fsp3) is 0.636. The Labute approximate surface area is 348 Å². The molecule has 15 heteroatoms. The molecule has 5 aliphatic heterocycles. The number of nitrogens with zero attached hydrogens (tertiary/aromatic N) is 6. The highest BCUT2D eigenvalue weighted by Gasteiger charge is 2.37. The molecule has 0 aliphatic carbocycles. The summed E-state index contributed by atoms with van der Waals surface area (Å²) in [4.78, 5) is 66.1. The molecule has 2 aromatic carbocycles. The van der Waals surface area contributed by atoms with Gasteiger partial charge in [0.15, 0.2) is 6.10 Å². The van der Waals surface area contributed by atoms with Crippen LogP contribution in [0.25, 0.3) is 0 Å². The van der Waals surface area contributed by atoms with Crippen LogP contribution in [0.4, 0.5) is 15.3 Å². The molecule has 5 heterocycles. The lowest BCUT2D eigenvalue weighted by Gasteiger charge is -2.43. The number of ether oxygens (including phenoxy) is 3. The van der Waals surface area contributed by atoms with E-state index in [0.29, 0.717) is 75.9 Å². The molecule has 0 saturated carbocycles. The molecule has 15 nitrogen and oxygen atoms in total. The highest BCUT2D eigenvalue weighted by atomic mass is 16.6. The summed E-state index contributed by atoms with van der Waals surface area (Å²) in [6.45, 7) is 14.6. The van der Waals surface area contributed by atoms with E-state index < -0.39 is 12.2 Å². The van der Waals surface area contributed by atoms with Crippen LogP contribution in [0.2, 0.25) is 0 Å². The average molecular weight is 818 g/mol. The molecule has 0 radical (unpaired) electrons. The molecule has 59 heavy (non-hydrogen) atoms. The van der Waals surface area contributed by atoms with Crippen molar-refractivity contribution in [2.75, 3.05) is 110 Å². The highest BCUT2D eigenvalue weighted by molar-refractivity contribution is 5.91. The number of piperazine rings is 1. The van der Waals surface area contributed by atoms with Crippen molar-refractivity contribution in [3.63, 3.8) is 0 Å². The second-order valence-corrected chi connectivity index (χ2v) is 16.8. The van der Waals surface area contributed by atoms with E-state index in [1.807, 2.05) is 60.0 Å². The number of para-hydroxylation sites is 1. The number of amides is 4. The first-order valence-corrected chi connectivity index (χ1v) is 21.7. The molecule has 322 valence electrons. The maximum Gasteiger partial charge on any atom is 0.410 e. The molecule has 2 N–H and O–H groups in total. The number of aromatic hydroxyl groups is 1. The average Bonchev–Trinajstić information content (AvgIpc) is 3.42. The summed E-state index contributed by atoms with van der Waals surface area (Å²) in [6.07, 6.45) is 3.14. The van der Waals surface area contributed by atoms with Gasteiger partial charge in [-0.3, -0.25) is 24.3 Å². The van der Waals surface area contributed by atoms with Gasteiger partial charge in [0.1, 0.15) is 5.75 Å². The minimum Gasteiger partial charge on any atom is -0.507 e. The summed E-state index contributed by atoms with van der Waals surface area (Å²) in [7, 11) is 0. The van der Waals surface area contributed by atoms with E-state index in [0.717, 1.165) is 102 Å². The van der Waals surface area contributed by atoms with Crippen LogP contribution in [-0.2, 0) is 36.6 Å². The van der Waals surface area contributed by atoms with E-state index in [9.17, 15) is 24.3 Å². The van der Waals surface area contributed by atoms with Crippen molar-refractivity contribution >= 4 is 29.7 Å². The topological polar surface area (TPSA) is 148 Å². The van der Waals surface area contributed by atoms with E-state index >= 15 is 0 Å². The number of carbonyl (C=O) groups is 4. The van der Waals surface area contributed by atoms with E-state index in [2.05, 4.69) is 20.0 Å². The molecule has 2 aromatic rings. The summed E-state index contributed by atoms with van der Waals surface area (Å²) in [5.74, 6) is -0.154. The molecule has 0 spiro atoms. The Hall–Kier alpha value is -4.44. The number of carbonyl (C=O) groups excluding carboxylic acids is 4. The number of nitrogens with one attached hydrogen (secondary N) is 1. The van der Waals surface area contributed by atoms with Crippen LogP contribution in [0.1, 0.15) is 54.4 Å². The van der Waals surface area contributed by atoms with Crippen LogP contribution in [0.5, 0.6) is 5.75 Å². The number of aryl methyl sites for hydroxylation is 2. The first kappa shape index (κ1) is 42.7. The van der Waals surface area contributed by atoms with Crippen molar-refractivity contribution in [1.29, 1.82) is 0 Å². The monoisotopic (exact) mass is 817 g/mol. The summed E-state index contributed by atoms with van der Waals surface area (Å²) < 4.78 is 17.0. The first-order chi connectivity index (χ1) is 28.6. The quantitative estimate of drug-likeness (QED) is 0.240. The van der Waals surface area contributed by atoms with Crippen LogP contribution in [0.3, 0.4) is 0 Å². The largest absolute Gasteiger partial charge is 0.507 e. The second kappa shape index (κ2) is 20.2. The zero-order valence-electron chi connectivity index (χ0n) is 34.9. The number of rotatable bonds is 12. The number of urea groups is 1. The Morgan fingerprint density at radius 2 is 1.49 bits per heavy atom. The third-order valence-electron chi connectivity index (χ3n) is 12.8. The van der Waals surface area contributed by atoms with Gasteiger partial charge in [0.25, 0.3) is 5.91 Å². The summed E-state index contributed by atoms with van der Waals surface area (Å²) >= 11 is 0. The summed E-state index contributed by atoms with van der Waals surface area (Å²) in [5.41, 5.74) is 4.19. The van der Waals surface area contributed by atoms with Gasteiger partial charge in [-0.2, -0.15) is 0 Å². The lowest BCUT2D eigenvalue weighted by molar-refractivity contribution is -0.145. The van der Waals surface area contributed by atoms with Gasteiger partial charge in [-0.1, -0.05) is 30.3 Å². The Balaban J connectivity index is 0.880. The van der Waals surface area contributed by atoms with Crippen LogP contribution in [0, 0.1) is 13.8 Å². The summed E-state index contributed by atoms with van der Waals surface area (Å²) in [5, 5.41) is 13.5. The van der Waals surface area contributed by atoms with Gasteiger partial charge in [0.05, 0.1) is 26.4 Å². The molecular weight excluding hydrogens is 755 g/mol. The number of hydrogen-bond donors (Lipinski definition) is 2. The third kappa shape index (κ3) is 11.2. The van der Waals surface area contributed by atoms with Crippen molar-refractivity contribution in [3.05, 3.63) is 58.7 Å². The van der Waals surface area contributed by atoms with Gasteiger partial charge in [-0.05, 0) is 80.7 Å². The van der Waals surface area contributed by atoms with Crippen LogP contribution in [0.15, 0.2) is 36.4 Å². The zero-order valence-corrected chi connectivity index (χ0v) is 34.9. The van der Waals surface area contributed by atoms with E-state index in [-0.39, 0.29) is 36.1 Å². The number of likely N-dealkylation sites (tertiary alicyclic amines) is 2. The predicted octanol–water partition coefficient (Wildman–Crippen LogP) is 3.49. The molecule has 0 bridgehead atoms. The summed E-state index contributed by atoms with van der Waals surface area (Å²) in [6, 6.07) is 11.8. The number of phenolic OH excluding ortho intramolecular Hbond substituents is 1. The maximum atomic E-state index is 14.2. The smallest absolute Gasteiger partial charge is 0.410 e. The fourth-order valence-electron chi connectivity index (χ4n) is 9.32. The van der Waals surface area contributed by atoms with Crippen molar-refractivity contribution in [2.24, 2.45) is 0 Å². The van der Waals surface area contributed by atoms with Crippen molar-refractivity contribution in [1.82, 2.24) is 29.4 Å². The zero-order chi connectivity index (χ0) is 41.3. The lowest BCUT2D eigenvalue weighted by atomic mass is 9.98.